The molecule has 0 saturated carbocycles. The third-order valence-corrected chi connectivity index (χ3v) is 5.65. The van der Waals surface area contributed by atoms with Gasteiger partial charge in [0, 0.05) is 38.5 Å². The molecule has 138 valence electrons. The number of amides is 2. The highest BCUT2D eigenvalue weighted by molar-refractivity contribution is 5.83. The molecule has 0 aliphatic carbocycles. The predicted molar refractivity (Wildman–Crippen MR) is 99.8 cm³/mol. The monoisotopic (exact) mass is 354 g/mol. The second kappa shape index (κ2) is 7.09. The van der Waals surface area contributed by atoms with Crippen LogP contribution in [0.25, 0.3) is 11.0 Å². The van der Waals surface area contributed by atoms with Gasteiger partial charge in [-0.2, -0.15) is 0 Å². The molecule has 1 unspecified atom stereocenters. The van der Waals surface area contributed by atoms with Crippen molar-refractivity contribution in [3.05, 3.63) is 30.1 Å². The number of likely N-dealkylation sites (N-methyl/N-ethyl adjacent to an activating group) is 1. The summed E-state index contributed by atoms with van der Waals surface area (Å²) in [5.41, 5.74) is 1.88. The summed E-state index contributed by atoms with van der Waals surface area (Å²) in [6.45, 7) is 5.44. The highest BCUT2D eigenvalue weighted by atomic mass is 16.2. The summed E-state index contributed by atoms with van der Waals surface area (Å²) in [5, 5.41) is 0. The molecule has 0 N–H and O–H groups in total. The van der Waals surface area contributed by atoms with Gasteiger partial charge >= 0.3 is 0 Å². The van der Waals surface area contributed by atoms with E-state index in [1.54, 1.807) is 0 Å². The van der Waals surface area contributed by atoms with Gasteiger partial charge in [0.15, 0.2) is 0 Å². The average molecular weight is 354 g/mol. The van der Waals surface area contributed by atoms with Gasteiger partial charge in [0.1, 0.15) is 12.4 Å². The topological polar surface area (TPSA) is 58.4 Å². The number of benzene rings is 1. The van der Waals surface area contributed by atoms with Crippen molar-refractivity contribution < 1.29 is 9.59 Å². The highest BCUT2D eigenvalue weighted by Crippen LogP contribution is 2.30. The predicted octanol–water partition coefficient (Wildman–Crippen LogP) is 2.38. The van der Waals surface area contributed by atoms with Crippen LogP contribution in [-0.2, 0) is 16.1 Å². The quantitative estimate of drug-likeness (QED) is 0.847. The number of piperidine rings is 1. The Morgan fingerprint density at radius 2 is 1.96 bits per heavy atom. The van der Waals surface area contributed by atoms with Crippen molar-refractivity contribution in [1.82, 2.24) is 19.4 Å². The van der Waals surface area contributed by atoms with E-state index in [0.717, 1.165) is 49.3 Å². The summed E-state index contributed by atoms with van der Waals surface area (Å²) in [7, 11) is 0. The third-order valence-electron chi connectivity index (χ3n) is 5.65. The molecule has 2 aromatic rings. The second-order valence-corrected chi connectivity index (χ2v) is 7.32. The lowest BCUT2D eigenvalue weighted by Gasteiger charge is -2.27. The van der Waals surface area contributed by atoms with Crippen molar-refractivity contribution in [2.45, 2.75) is 45.1 Å². The van der Waals surface area contributed by atoms with E-state index >= 15 is 0 Å². The number of fused-ring (bicyclic) bond motifs is 1. The van der Waals surface area contributed by atoms with Crippen molar-refractivity contribution in [3.8, 4) is 0 Å². The van der Waals surface area contributed by atoms with Crippen LogP contribution in [0.5, 0.6) is 0 Å². The molecule has 2 aliphatic rings. The third kappa shape index (κ3) is 3.08. The zero-order chi connectivity index (χ0) is 18.1. The largest absolute Gasteiger partial charge is 0.342 e. The molecular formula is C20H26N4O2. The van der Waals surface area contributed by atoms with Crippen LogP contribution in [0.15, 0.2) is 24.3 Å². The SMILES string of the molecule is CCN1CC(c2nc3ccccc3n2CC(=O)N2CCCCC2)CC1=O. The molecule has 0 bridgehead atoms. The van der Waals surface area contributed by atoms with Gasteiger partial charge in [-0.25, -0.2) is 4.98 Å². The summed E-state index contributed by atoms with van der Waals surface area (Å²) in [5.74, 6) is 1.27. The summed E-state index contributed by atoms with van der Waals surface area (Å²) in [6, 6.07) is 7.95. The Balaban J connectivity index is 1.66. The first-order valence-corrected chi connectivity index (χ1v) is 9.68. The minimum absolute atomic E-state index is 0.0593. The first-order chi connectivity index (χ1) is 12.7. The molecule has 2 saturated heterocycles. The van der Waals surface area contributed by atoms with Gasteiger partial charge in [-0.05, 0) is 38.3 Å². The Morgan fingerprint density at radius 3 is 2.69 bits per heavy atom. The normalized spacial score (nSPS) is 21.0. The maximum Gasteiger partial charge on any atom is 0.242 e. The maximum absolute atomic E-state index is 12.9. The number of carbonyl (C=O) groups excluding carboxylic acids is 2. The molecule has 1 atom stereocenters. The molecule has 2 fully saturated rings. The van der Waals surface area contributed by atoms with Crippen LogP contribution >= 0.6 is 0 Å². The number of hydrogen-bond donors (Lipinski definition) is 0. The fraction of sp³-hybridized carbons (Fsp3) is 0.550. The number of hydrogen-bond acceptors (Lipinski definition) is 3. The lowest BCUT2D eigenvalue weighted by molar-refractivity contribution is -0.132. The van der Waals surface area contributed by atoms with E-state index in [0.29, 0.717) is 19.5 Å². The zero-order valence-corrected chi connectivity index (χ0v) is 15.4. The Kier molecular flexibility index (Phi) is 4.66. The standard InChI is InChI=1S/C20H26N4O2/c1-2-22-13-15(12-18(22)25)20-21-16-8-4-5-9-17(16)24(20)14-19(26)23-10-6-3-7-11-23/h4-5,8-9,15H,2-3,6-7,10-14H2,1H3. The highest BCUT2D eigenvalue weighted by Gasteiger charge is 2.33. The van der Waals surface area contributed by atoms with E-state index in [2.05, 4.69) is 0 Å². The Hall–Kier alpha value is -2.37. The van der Waals surface area contributed by atoms with Gasteiger partial charge in [0.05, 0.1) is 11.0 Å². The van der Waals surface area contributed by atoms with E-state index < -0.39 is 0 Å². The molecule has 1 aromatic carbocycles. The number of likely N-dealkylation sites (tertiary alicyclic amines) is 2. The van der Waals surface area contributed by atoms with Gasteiger partial charge in [-0.1, -0.05) is 12.1 Å². The smallest absolute Gasteiger partial charge is 0.242 e. The zero-order valence-electron chi connectivity index (χ0n) is 15.4. The minimum Gasteiger partial charge on any atom is -0.342 e. The first kappa shape index (κ1) is 17.1. The van der Waals surface area contributed by atoms with Gasteiger partial charge in [-0.3, -0.25) is 9.59 Å². The van der Waals surface area contributed by atoms with Gasteiger partial charge < -0.3 is 14.4 Å². The molecular weight excluding hydrogens is 328 g/mol. The fourth-order valence-electron chi connectivity index (χ4n) is 4.20. The number of nitrogens with zero attached hydrogens (tertiary/aromatic N) is 4. The molecule has 26 heavy (non-hydrogen) atoms. The van der Waals surface area contributed by atoms with Crippen LogP contribution in [0.2, 0.25) is 0 Å². The molecule has 2 aliphatic heterocycles. The lowest BCUT2D eigenvalue weighted by Crippen LogP contribution is -2.38. The van der Waals surface area contributed by atoms with Crippen LogP contribution in [0.1, 0.15) is 44.3 Å². The van der Waals surface area contributed by atoms with Gasteiger partial charge in [0.25, 0.3) is 0 Å². The van der Waals surface area contributed by atoms with E-state index in [4.69, 9.17) is 4.98 Å². The van der Waals surface area contributed by atoms with Crippen LogP contribution in [0.3, 0.4) is 0 Å². The molecule has 4 rings (SSSR count). The number of para-hydroxylation sites is 2. The van der Waals surface area contributed by atoms with Crippen molar-refractivity contribution in [3.63, 3.8) is 0 Å². The van der Waals surface area contributed by atoms with Crippen LogP contribution in [0, 0.1) is 0 Å². The summed E-state index contributed by atoms with van der Waals surface area (Å²) < 4.78 is 2.05. The summed E-state index contributed by atoms with van der Waals surface area (Å²) in [4.78, 5) is 33.7. The van der Waals surface area contributed by atoms with E-state index in [1.165, 1.54) is 6.42 Å². The molecule has 3 heterocycles. The van der Waals surface area contributed by atoms with Gasteiger partial charge in [-0.15, -0.1) is 0 Å². The van der Waals surface area contributed by atoms with Crippen molar-refractivity contribution in [1.29, 1.82) is 0 Å². The molecule has 0 radical (unpaired) electrons. The van der Waals surface area contributed by atoms with Crippen LogP contribution in [0.4, 0.5) is 0 Å². The van der Waals surface area contributed by atoms with E-state index in [-0.39, 0.29) is 17.7 Å². The number of rotatable bonds is 4. The molecule has 6 heteroatoms. The van der Waals surface area contributed by atoms with Crippen molar-refractivity contribution >= 4 is 22.8 Å². The Morgan fingerprint density at radius 1 is 1.19 bits per heavy atom. The lowest BCUT2D eigenvalue weighted by atomic mass is 10.1. The summed E-state index contributed by atoms with van der Waals surface area (Å²) in [6.07, 6.45) is 3.87. The molecule has 6 nitrogen and oxygen atoms in total. The second-order valence-electron chi connectivity index (χ2n) is 7.32. The Bertz CT molecular complexity index is 822. The first-order valence-electron chi connectivity index (χ1n) is 9.68. The van der Waals surface area contributed by atoms with E-state index in [1.807, 2.05) is 45.6 Å². The van der Waals surface area contributed by atoms with Crippen molar-refractivity contribution in [2.75, 3.05) is 26.2 Å². The fourth-order valence-corrected chi connectivity index (χ4v) is 4.20. The van der Waals surface area contributed by atoms with E-state index in [9.17, 15) is 9.59 Å². The van der Waals surface area contributed by atoms with Crippen molar-refractivity contribution in [2.24, 2.45) is 0 Å². The summed E-state index contributed by atoms with van der Waals surface area (Å²) >= 11 is 0. The van der Waals surface area contributed by atoms with Crippen LogP contribution < -0.4 is 0 Å². The maximum atomic E-state index is 12.9. The minimum atomic E-state index is 0.0593. The number of imidazole rings is 1. The van der Waals surface area contributed by atoms with Crippen LogP contribution in [-0.4, -0.2) is 57.3 Å². The number of carbonyl (C=O) groups is 2. The molecule has 0 spiro atoms. The molecule has 2 amide bonds. The number of aromatic nitrogens is 2. The van der Waals surface area contributed by atoms with Gasteiger partial charge in [0.2, 0.25) is 11.8 Å². The molecule has 1 aromatic heterocycles. The average Bonchev–Trinajstić information content (AvgIpc) is 3.23. The Labute approximate surface area is 153 Å².